The van der Waals surface area contributed by atoms with Gasteiger partial charge in [0.05, 0.1) is 19.8 Å². The average Bonchev–Trinajstić information content (AvgIpc) is 3.04. The van der Waals surface area contributed by atoms with Crippen LogP contribution < -0.4 is 5.73 Å². The number of carboxylic acids is 1. The lowest BCUT2D eigenvalue weighted by Gasteiger charge is -2.20. The standard InChI is InChI=1S/C36H62NO9P/c1-3-5-7-9-11-13-15-16-17-19-21-23-25-27-29-43-30-33(31-44-47(41,42)45-32-34(37)36(39)40)46-35(38)28-26-24-22-20-18-14-12-10-8-6-4-2/h5,7,10-13,16-17,21,23,33-34H,3-4,6,8-9,14-15,18-20,22,24-32,37H2,1-2H3,(H,39,40)(H,41,42)/b7-5-,12-10-,13-11-,17-16-,23-21-. The summed E-state index contributed by atoms with van der Waals surface area (Å²) in [5, 5.41) is 8.84. The summed E-state index contributed by atoms with van der Waals surface area (Å²) in [4.78, 5) is 33.3. The van der Waals surface area contributed by atoms with E-state index in [0.717, 1.165) is 77.0 Å². The number of carbonyl (C=O) groups is 2. The molecule has 0 aliphatic carbocycles. The Morgan fingerprint density at radius 2 is 1.23 bits per heavy atom. The van der Waals surface area contributed by atoms with Crippen molar-refractivity contribution in [2.75, 3.05) is 26.4 Å². The van der Waals surface area contributed by atoms with E-state index in [-0.39, 0.29) is 13.0 Å². The minimum Gasteiger partial charge on any atom is -0.480 e. The monoisotopic (exact) mass is 683 g/mol. The molecule has 4 N–H and O–H groups in total. The second-order valence-electron chi connectivity index (χ2n) is 11.3. The minimum atomic E-state index is -4.62. The second-order valence-corrected chi connectivity index (χ2v) is 12.7. The van der Waals surface area contributed by atoms with Gasteiger partial charge >= 0.3 is 19.8 Å². The number of rotatable bonds is 32. The number of carboxylic acid groups (broad SMARTS) is 1. The highest BCUT2D eigenvalue weighted by Gasteiger charge is 2.27. The molecule has 0 bridgehead atoms. The van der Waals surface area contributed by atoms with E-state index in [0.29, 0.717) is 13.0 Å². The Morgan fingerprint density at radius 3 is 1.87 bits per heavy atom. The summed E-state index contributed by atoms with van der Waals surface area (Å²) < 4.78 is 33.0. The van der Waals surface area contributed by atoms with E-state index in [9.17, 15) is 19.0 Å². The number of carbonyl (C=O) groups excluding carboxylic acids is 1. The number of ether oxygens (including phenoxy) is 2. The van der Waals surface area contributed by atoms with Crippen molar-refractivity contribution in [1.29, 1.82) is 0 Å². The number of hydrogen-bond acceptors (Lipinski definition) is 8. The Hall–Kier alpha value is -2.33. The fraction of sp³-hybridized carbons (Fsp3) is 0.667. The summed E-state index contributed by atoms with van der Waals surface area (Å²) in [6.45, 7) is 3.52. The van der Waals surface area contributed by atoms with Crippen molar-refractivity contribution in [3.05, 3.63) is 60.8 Å². The van der Waals surface area contributed by atoms with Gasteiger partial charge in [0.1, 0.15) is 12.1 Å². The van der Waals surface area contributed by atoms with E-state index in [1.807, 2.05) is 0 Å². The molecule has 0 aromatic heterocycles. The highest BCUT2D eigenvalue weighted by atomic mass is 31.2. The van der Waals surface area contributed by atoms with Crippen LogP contribution in [0.2, 0.25) is 0 Å². The lowest BCUT2D eigenvalue weighted by atomic mass is 10.1. The summed E-state index contributed by atoms with van der Waals surface area (Å²) in [6, 6.07) is -1.48. The Balaban J connectivity index is 4.48. The molecule has 10 nitrogen and oxygen atoms in total. The molecule has 0 saturated heterocycles. The van der Waals surface area contributed by atoms with Gasteiger partial charge in [0, 0.05) is 13.0 Å². The molecular formula is C36H62NO9P. The molecule has 0 fully saturated rings. The number of esters is 1. The maximum Gasteiger partial charge on any atom is 0.472 e. The van der Waals surface area contributed by atoms with Crippen molar-refractivity contribution < 1.29 is 42.7 Å². The third-order valence-electron chi connectivity index (χ3n) is 6.78. The van der Waals surface area contributed by atoms with Crippen LogP contribution in [-0.4, -0.2) is 60.5 Å². The van der Waals surface area contributed by atoms with Crippen molar-refractivity contribution in [2.45, 2.75) is 129 Å². The van der Waals surface area contributed by atoms with Crippen LogP contribution in [0.25, 0.3) is 0 Å². The van der Waals surface area contributed by atoms with Gasteiger partial charge in [0.25, 0.3) is 0 Å². The van der Waals surface area contributed by atoms with Crippen molar-refractivity contribution in [3.8, 4) is 0 Å². The molecule has 0 spiro atoms. The van der Waals surface area contributed by atoms with Gasteiger partial charge in [0.2, 0.25) is 0 Å². The van der Waals surface area contributed by atoms with Crippen LogP contribution in [-0.2, 0) is 32.7 Å². The van der Waals surface area contributed by atoms with E-state index in [1.165, 1.54) is 12.8 Å². The van der Waals surface area contributed by atoms with Gasteiger partial charge in [-0.15, -0.1) is 0 Å². The van der Waals surface area contributed by atoms with E-state index >= 15 is 0 Å². The highest BCUT2D eigenvalue weighted by molar-refractivity contribution is 7.47. The number of aliphatic carboxylic acids is 1. The van der Waals surface area contributed by atoms with Crippen molar-refractivity contribution >= 4 is 19.8 Å². The first-order valence-corrected chi connectivity index (χ1v) is 18.8. The van der Waals surface area contributed by atoms with E-state index in [1.54, 1.807) is 0 Å². The van der Waals surface area contributed by atoms with Crippen LogP contribution in [0.4, 0.5) is 0 Å². The third kappa shape index (κ3) is 32.0. The molecule has 0 saturated carbocycles. The zero-order valence-electron chi connectivity index (χ0n) is 28.8. The van der Waals surface area contributed by atoms with Gasteiger partial charge in [-0.25, -0.2) is 4.57 Å². The molecule has 3 atom stereocenters. The van der Waals surface area contributed by atoms with Gasteiger partial charge in [-0.1, -0.05) is 107 Å². The van der Waals surface area contributed by atoms with E-state index in [4.69, 9.17) is 24.8 Å². The maximum atomic E-state index is 12.5. The summed E-state index contributed by atoms with van der Waals surface area (Å²) in [6.07, 6.45) is 35.8. The van der Waals surface area contributed by atoms with Gasteiger partial charge in [0.15, 0.2) is 0 Å². The topological polar surface area (TPSA) is 155 Å². The molecule has 11 heteroatoms. The SMILES string of the molecule is CC/C=C\C/C=C\C/C=C\C/C=C\CCCOCC(COP(=O)(O)OCC(N)C(=O)O)OC(=O)CCCCCCC/C=C\CCCC. The molecular weight excluding hydrogens is 621 g/mol. The largest absolute Gasteiger partial charge is 0.480 e. The Labute approximate surface area is 283 Å². The fourth-order valence-corrected chi connectivity index (χ4v) is 4.83. The Kier molecular flexibility index (Phi) is 30.6. The highest BCUT2D eigenvalue weighted by Crippen LogP contribution is 2.43. The Bertz CT molecular complexity index is 978. The molecule has 0 aromatic rings. The molecule has 47 heavy (non-hydrogen) atoms. The van der Waals surface area contributed by atoms with E-state index < -0.39 is 45.1 Å². The number of hydrogen-bond donors (Lipinski definition) is 3. The van der Waals surface area contributed by atoms with Crippen LogP contribution in [0.5, 0.6) is 0 Å². The smallest absolute Gasteiger partial charge is 0.472 e. The maximum absolute atomic E-state index is 12.5. The molecule has 0 aromatic carbocycles. The van der Waals surface area contributed by atoms with Crippen molar-refractivity contribution in [3.63, 3.8) is 0 Å². The first-order chi connectivity index (χ1) is 22.7. The first kappa shape index (κ1) is 44.7. The summed E-state index contributed by atoms with van der Waals surface area (Å²) in [5.41, 5.74) is 5.32. The van der Waals surface area contributed by atoms with Crippen molar-refractivity contribution in [2.24, 2.45) is 5.73 Å². The van der Waals surface area contributed by atoms with Crippen LogP contribution in [0, 0.1) is 0 Å². The normalized spacial score (nSPS) is 15.0. The fourth-order valence-electron chi connectivity index (χ4n) is 4.06. The number of phosphoric acid groups is 1. The van der Waals surface area contributed by atoms with Crippen LogP contribution in [0.15, 0.2) is 60.8 Å². The molecule has 0 radical (unpaired) electrons. The molecule has 3 unspecified atom stereocenters. The molecule has 270 valence electrons. The average molecular weight is 684 g/mol. The number of unbranched alkanes of at least 4 members (excludes halogenated alkanes) is 8. The molecule has 0 aliphatic heterocycles. The van der Waals surface area contributed by atoms with E-state index in [2.05, 4.69) is 79.1 Å². The molecule has 0 amide bonds. The summed E-state index contributed by atoms with van der Waals surface area (Å²) in [5.74, 6) is -1.82. The zero-order chi connectivity index (χ0) is 34.9. The van der Waals surface area contributed by atoms with Crippen LogP contribution in [0.3, 0.4) is 0 Å². The van der Waals surface area contributed by atoms with Gasteiger partial charge in [-0.2, -0.15) is 0 Å². The minimum absolute atomic E-state index is 0.0274. The Morgan fingerprint density at radius 1 is 0.702 bits per heavy atom. The first-order valence-electron chi connectivity index (χ1n) is 17.3. The molecule has 0 rings (SSSR count). The molecule has 0 aliphatic rings. The van der Waals surface area contributed by atoms with Gasteiger partial charge in [-0.3, -0.25) is 18.6 Å². The zero-order valence-corrected chi connectivity index (χ0v) is 29.7. The number of allylic oxidation sites excluding steroid dienone is 10. The molecule has 0 heterocycles. The third-order valence-corrected chi connectivity index (χ3v) is 7.73. The lowest BCUT2D eigenvalue weighted by molar-refractivity contribution is -0.154. The second kappa shape index (κ2) is 32.2. The van der Waals surface area contributed by atoms with Gasteiger partial charge in [-0.05, 0) is 64.2 Å². The number of phosphoric ester groups is 1. The summed E-state index contributed by atoms with van der Waals surface area (Å²) >= 11 is 0. The van der Waals surface area contributed by atoms with Crippen LogP contribution >= 0.6 is 7.82 Å². The predicted molar refractivity (Wildman–Crippen MR) is 189 cm³/mol. The van der Waals surface area contributed by atoms with Gasteiger partial charge < -0.3 is 25.2 Å². The number of nitrogens with two attached hydrogens (primary N) is 1. The van der Waals surface area contributed by atoms with Crippen molar-refractivity contribution in [1.82, 2.24) is 0 Å². The lowest BCUT2D eigenvalue weighted by Crippen LogP contribution is -2.34. The van der Waals surface area contributed by atoms with Crippen LogP contribution in [0.1, 0.15) is 117 Å². The quantitative estimate of drug-likeness (QED) is 0.0272. The summed E-state index contributed by atoms with van der Waals surface area (Å²) in [7, 11) is -4.62. The predicted octanol–water partition coefficient (Wildman–Crippen LogP) is 8.52.